The first-order valence-corrected chi connectivity index (χ1v) is 6.81. The topological polar surface area (TPSA) is 81.9 Å². The van der Waals surface area contributed by atoms with E-state index in [0.29, 0.717) is 6.54 Å². The summed E-state index contributed by atoms with van der Waals surface area (Å²) >= 11 is 3.01. The molecular weight excluding hydrogens is 351 g/mol. The highest BCUT2D eigenvalue weighted by Crippen LogP contribution is 2.34. The molecular formula is C12H12BrFN2O5. The zero-order valence-corrected chi connectivity index (χ0v) is 12.6. The average Bonchev–Trinajstić information content (AvgIpc) is 2.48. The summed E-state index contributed by atoms with van der Waals surface area (Å²) in [6.07, 6.45) is -0.827. The van der Waals surface area contributed by atoms with Crippen LogP contribution >= 0.6 is 15.9 Å². The lowest BCUT2D eigenvalue weighted by atomic mass is 10.2. The summed E-state index contributed by atoms with van der Waals surface area (Å²) in [5, 5.41) is 11.1. The summed E-state index contributed by atoms with van der Waals surface area (Å²) in [6, 6.07) is 2.18. The maximum absolute atomic E-state index is 13.5. The smallest absolute Gasteiger partial charge is 0.336 e. The number of carbonyl (C=O) groups is 1. The number of ether oxygens (including phenoxy) is 2. The molecule has 114 valence electrons. The lowest BCUT2D eigenvalue weighted by molar-refractivity contribution is -0.384. The van der Waals surface area contributed by atoms with Crippen LogP contribution in [0, 0.1) is 15.9 Å². The monoisotopic (exact) mass is 362 g/mol. The molecule has 0 saturated carbocycles. The van der Waals surface area contributed by atoms with E-state index in [1.165, 1.54) is 13.2 Å². The van der Waals surface area contributed by atoms with Gasteiger partial charge in [-0.15, -0.1) is 0 Å². The van der Waals surface area contributed by atoms with Gasteiger partial charge in [-0.2, -0.15) is 0 Å². The molecule has 1 fully saturated rings. The van der Waals surface area contributed by atoms with Gasteiger partial charge in [-0.1, -0.05) is 0 Å². The van der Waals surface area contributed by atoms with E-state index >= 15 is 0 Å². The fraction of sp³-hybridized carbons (Fsp3) is 0.417. The van der Waals surface area contributed by atoms with Gasteiger partial charge in [0.25, 0.3) is 5.69 Å². The fourth-order valence-corrected chi connectivity index (χ4v) is 2.40. The molecule has 1 atom stereocenters. The highest BCUT2D eigenvalue weighted by Gasteiger charge is 2.31. The van der Waals surface area contributed by atoms with Crippen LogP contribution in [0.2, 0.25) is 0 Å². The molecule has 9 heteroatoms. The van der Waals surface area contributed by atoms with E-state index in [1.807, 2.05) is 0 Å². The third-order valence-corrected chi connectivity index (χ3v) is 3.69. The second-order valence-electron chi connectivity index (χ2n) is 4.34. The minimum absolute atomic E-state index is 0.103. The van der Waals surface area contributed by atoms with Crippen molar-refractivity contribution in [1.29, 1.82) is 0 Å². The second-order valence-corrected chi connectivity index (χ2v) is 5.20. The number of carbonyl (C=O) groups excluding carboxylic acids is 1. The summed E-state index contributed by atoms with van der Waals surface area (Å²) < 4.78 is 23.5. The first-order valence-electron chi connectivity index (χ1n) is 6.02. The number of morpholine rings is 1. The molecule has 0 aromatic heterocycles. The average molecular weight is 363 g/mol. The molecule has 0 aliphatic carbocycles. The van der Waals surface area contributed by atoms with Gasteiger partial charge in [-0.3, -0.25) is 10.1 Å². The largest absolute Gasteiger partial charge is 0.467 e. The van der Waals surface area contributed by atoms with Crippen molar-refractivity contribution >= 4 is 33.3 Å². The summed E-state index contributed by atoms with van der Waals surface area (Å²) in [6.45, 7) is 0.671. The molecule has 0 N–H and O–H groups in total. The fourth-order valence-electron chi connectivity index (χ4n) is 2.07. The minimum atomic E-state index is -0.827. The van der Waals surface area contributed by atoms with Crippen LogP contribution in [0.25, 0.3) is 0 Å². The predicted molar refractivity (Wildman–Crippen MR) is 74.7 cm³/mol. The quantitative estimate of drug-likeness (QED) is 0.463. The van der Waals surface area contributed by atoms with E-state index in [1.54, 1.807) is 4.90 Å². The molecule has 0 bridgehead atoms. The van der Waals surface area contributed by atoms with Gasteiger partial charge in [0.05, 0.1) is 35.7 Å². The highest BCUT2D eigenvalue weighted by atomic mass is 79.9. The normalized spacial score (nSPS) is 18.4. The van der Waals surface area contributed by atoms with Gasteiger partial charge in [-0.25, -0.2) is 9.18 Å². The van der Waals surface area contributed by atoms with Crippen LogP contribution < -0.4 is 4.90 Å². The molecule has 2 rings (SSSR count). The van der Waals surface area contributed by atoms with Crippen molar-refractivity contribution in [1.82, 2.24) is 0 Å². The Labute approximate surface area is 127 Å². The number of benzene rings is 1. The Hall–Kier alpha value is -1.74. The third-order valence-electron chi connectivity index (χ3n) is 3.09. The van der Waals surface area contributed by atoms with Crippen molar-refractivity contribution in [3.8, 4) is 0 Å². The summed E-state index contributed by atoms with van der Waals surface area (Å²) in [7, 11) is 1.24. The van der Waals surface area contributed by atoms with Crippen LogP contribution in [0.4, 0.5) is 15.8 Å². The Bertz CT molecular complexity index is 583. The number of nitro groups is 1. The van der Waals surface area contributed by atoms with Crippen molar-refractivity contribution in [2.45, 2.75) is 6.10 Å². The molecule has 1 unspecified atom stereocenters. The molecule has 1 heterocycles. The molecule has 0 amide bonds. The Kier molecular flexibility index (Phi) is 4.73. The van der Waals surface area contributed by atoms with Crippen LogP contribution in [-0.2, 0) is 14.3 Å². The number of esters is 1. The van der Waals surface area contributed by atoms with E-state index in [2.05, 4.69) is 20.7 Å². The van der Waals surface area contributed by atoms with E-state index < -0.39 is 22.8 Å². The third kappa shape index (κ3) is 3.30. The van der Waals surface area contributed by atoms with E-state index in [9.17, 15) is 19.3 Å². The number of methoxy groups -OCH3 is 1. The van der Waals surface area contributed by atoms with Crippen molar-refractivity contribution < 1.29 is 23.6 Å². The van der Waals surface area contributed by atoms with Crippen LogP contribution in [-0.4, -0.2) is 43.8 Å². The first kappa shape index (κ1) is 15.6. The van der Waals surface area contributed by atoms with E-state index in [0.717, 1.165) is 6.07 Å². The summed E-state index contributed by atoms with van der Waals surface area (Å²) in [5.74, 6) is -1.27. The van der Waals surface area contributed by atoms with Gasteiger partial charge in [0.2, 0.25) is 0 Å². The van der Waals surface area contributed by atoms with Gasteiger partial charge >= 0.3 is 5.97 Å². The van der Waals surface area contributed by atoms with Crippen LogP contribution in [0.15, 0.2) is 16.6 Å². The summed E-state index contributed by atoms with van der Waals surface area (Å²) in [5.41, 5.74) is -0.133. The SMILES string of the molecule is COC(=O)C1CN(c2cc(Br)c(F)cc2[N+](=O)[O-])CCO1. The minimum Gasteiger partial charge on any atom is -0.467 e. The lowest BCUT2D eigenvalue weighted by Gasteiger charge is -2.32. The standard InChI is InChI=1S/C12H12BrFN2O5/c1-20-12(17)11-6-15(2-3-21-11)9-4-7(13)8(14)5-10(9)16(18)19/h4-5,11H,2-3,6H2,1H3. The number of nitrogens with zero attached hydrogens (tertiary/aromatic N) is 2. The number of rotatable bonds is 3. The molecule has 0 radical (unpaired) electrons. The summed E-state index contributed by atoms with van der Waals surface area (Å²) in [4.78, 5) is 23.5. The lowest BCUT2D eigenvalue weighted by Crippen LogP contribution is -2.46. The number of hydrogen-bond donors (Lipinski definition) is 0. The second kappa shape index (κ2) is 6.35. The van der Waals surface area contributed by atoms with Crippen molar-refractivity contribution in [2.75, 3.05) is 31.7 Å². The van der Waals surface area contributed by atoms with Gasteiger partial charge in [0, 0.05) is 6.54 Å². The maximum atomic E-state index is 13.5. The molecule has 7 nitrogen and oxygen atoms in total. The Morgan fingerprint density at radius 1 is 1.62 bits per heavy atom. The Morgan fingerprint density at radius 2 is 2.33 bits per heavy atom. The molecule has 21 heavy (non-hydrogen) atoms. The highest BCUT2D eigenvalue weighted by molar-refractivity contribution is 9.10. The Morgan fingerprint density at radius 3 is 2.95 bits per heavy atom. The molecule has 1 aromatic rings. The molecule has 0 spiro atoms. The van der Waals surface area contributed by atoms with Crippen molar-refractivity contribution in [2.24, 2.45) is 0 Å². The number of anilines is 1. The predicted octanol–water partition coefficient (Wildman–Crippen LogP) is 1.87. The molecule has 1 aliphatic heterocycles. The first-order chi connectivity index (χ1) is 9.93. The van der Waals surface area contributed by atoms with Crippen LogP contribution in [0.5, 0.6) is 0 Å². The van der Waals surface area contributed by atoms with Crippen molar-refractivity contribution in [3.63, 3.8) is 0 Å². The van der Waals surface area contributed by atoms with Gasteiger partial charge in [-0.05, 0) is 22.0 Å². The van der Waals surface area contributed by atoms with Crippen LogP contribution in [0.1, 0.15) is 0 Å². The molecule has 1 saturated heterocycles. The van der Waals surface area contributed by atoms with E-state index in [-0.39, 0.29) is 29.0 Å². The van der Waals surface area contributed by atoms with Gasteiger partial charge in [0.1, 0.15) is 11.5 Å². The van der Waals surface area contributed by atoms with Gasteiger partial charge < -0.3 is 14.4 Å². The zero-order chi connectivity index (χ0) is 15.6. The zero-order valence-electron chi connectivity index (χ0n) is 11.0. The number of nitro benzene ring substituents is 1. The molecule has 1 aliphatic rings. The van der Waals surface area contributed by atoms with Crippen molar-refractivity contribution in [3.05, 3.63) is 32.5 Å². The number of hydrogen-bond acceptors (Lipinski definition) is 6. The Balaban J connectivity index is 2.34. The van der Waals surface area contributed by atoms with E-state index in [4.69, 9.17) is 4.74 Å². The van der Waals surface area contributed by atoms with Crippen LogP contribution in [0.3, 0.4) is 0 Å². The number of halogens is 2. The van der Waals surface area contributed by atoms with Gasteiger partial charge in [0.15, 0.2) is 6.10 Å². The maximum Gasteiger partial charge on any atom is 0.336 e. The molecule has 1 aromatic carbocycles.